The van der Waals surface area contributed by atoms with Crippen molar-refractivity contribution in [3.8, 4) is 0 Å². The maximum absolute atomic E-state index is 12.5. The summed E-state index contributed by atoms with van der Waals surface area (Å²) in [5.41, 5.74) is 0.504. The number of Topliss-reactive ketones (excluding diaryl/α,β-unsaturated/α-hetero) is 2. The molecule has 4 atom stereocenters. The quantitative estimate of drug-likeness (QED) is 0.664. The number of carbonyl (C=O) groups is 3. The van der Waals surface area contributed by atoms with Crippen molar-refractivity contribution >= 4 is 34.8 Å². The van der Waals surface area contributed by atoms with Crippen LogP contribution < -0.4 is 5.32 Å². The molecule has 6 heteroatoms. The van der Waals surface area contributed by atoms with Crippen molar-refractivity contribution in [2.24, 2.45) is 17.8 Å². The number of hydrogen-bond acceptors (Lipinski definition) is 4. The molecule has 2 heterocycles. The molecule has 1 saturated carbocycles. The van der Waals surface area contributed by atoms with Crippen LogP contribution in [0.1, 0.15) is 0 Å². The van der Waals surface area contributed by atoms with Gasteiger partial charge in [0.1, 0.15) is 0 Å². The van der Waals surface area contributed by atoms with Crippen LogP contribution in [0.2, 0.25) is 5.02 Å². The number of amides is 1. The van der Waals surface area contributed by atoms with E-state index in [1.54, 1.807) is 36.4 Å². The number of ketones is 2. The maximum atomic E-state index is 12.5. The Hall–Kier alpha value is -1.98. The molecule has 4 unspecified atom stereocenters. The SMILES string of the molecule is O=C(Nc1ccc(Cl)cc1)C1C(=O)C2C3C=CC(O3)C2C1=O. The van der Waals surface area contributed by atoms with Crippen LogP contribution in [0.25, 0.3) is 0 Å². The molecule has 1 N–H and O–H groups in total. The summed E-state index contributed by atoms with van der Waals surface area (Å²) in [4.78, 5) is 37.3. The van der Waals surface area contributed by atoms with Crippen LogP contribution in [-0.4, -0.2) is 29.7 Å². The lowest BCUT2D eigenvalue weighted by Gasteiger charge is -2.12. The Balaban J connectivity index is 1.56. The van der Waals surface area contributed by atoms with Crippen molar-refractivity contribution in [3.05, 3.63) is 41.4 Å². The minimum atomic E-state index is -1.24. The maximum Gasteiger partial charge on any atom is 0.242 e. The average molecular weight is 318 g/mol. The van der Waals surface area contributed by atoms with Gasteiger partial charge in [0.15, 0.2) is 17.5 Å². The third kappa shape index (κ3) is 1.86. The van der Waals surface area contributed by atoms with Gasteiger partial charge in [0.25, 0.3) is 0 Å². The Morgan fingerprint density at radius 2 is 1.55 bits per heavy atom. The zero-order valence-electron chi connectivity index (χ0n) is 11.4. The van der Waals surface area contributed by atoms with Crippen LogP contribution in [-0.2, 0) is 19.1 Å². The van der Waals surface area contributed by atoms with Gasteiger partial charge in [0.2, 0.25) is 5.91 Å². The van der Waals surface area contributed by atoms with Crippen LogP contribution in [0.15, 0.2) is 36.4 Å². The molecule has 22 heavy (non-hydrogen) atoms. The largest absolute Gasteiger partial charge is 0.365 e. The summed E-state index contributed by atoms with van der Waals surface area (Å²) in [7, 11) is 0. The minimum absolute atomic E-state index is 0.335. The minimum Gasteiger partial charge on any atom is -0.365 e. The highest BCUT2D eigenvalue weighted by molar-refractivity contribution is 6.30. The molecule has 2 fully saturated rings. The number of ether oxygens (including phenoxy) is 1. The van der Waals surface area contributed by atoms with Gasteiger partial charge in [0, 0.05) is 10.7 Å². The van der Waals surface area contributed by atoms with Crippen LogP contribution in [0, 0.1) is 17.8 Å². The Morgan fingerprint density at radius 3 is 2.09 bits per heavy atom. The van der Waals surface area contributed by atoms with Gasteiger partial charge in [-0.05, 0) is 24.3 Å². The number of halogens is 1. The monoisotopic (exact) mass is 317 g/mol. The van der Waals surface area contributed by atoms with E-state index in [2.05, 4.69) is 5.32 Å². The summed E-state index contributed by atoms with van der Waals surface area (Å²) in [5, 5.41) is 3.15. The lowest BCUT2D eigenvalue weighted by molar-refractivity contribution is -0.137. The van der Waals surface area contributed by atoms with Crippen molar-refractivity contribution < 1.29 is 19.1 Å². The second-order valence-electron chi connectivity index (χ2n) is 5.74. The first-order valence-electron chi connectivity index (χ1n) is 7.04. The smallest absolute Gasteiger partial charge is 0.242 e. The molecule has 5 nitrogen and oxygen atoms in total. The van der Waals surface area contributed by atoms with E-state index in [1.807, 2.05) is 0 Å². The Bertz CT molecular complexity index is 681. The fraction of sp³-hybridized carbons (Fsp3) is 0.312. The van der Waals surface area contributed by atoms with E-state index >= 15 is 0 Å². The van der Waals surface area contributed by atoms with E-state index in [-0.39, 0.29) is 23.8 Å². The number of anilines is 1. The van der Waals surface area contributed by atoms with Crippen molar-refractivity contribution in [3.63, 3.8) is 0 Å². The van der Waals surface area contributed by atoms with Gasteiger partial charge in [-0.1, -0.05) is 23.8 Å². The number of carbonyl (C=O) groups excluding carboxylic acids is 3. The molecule has 0 aromatic heterocycles. The predicted octanol–water partition coefficient (Wildman–Crippen LogP) is 1.62. The molecule has 4 rings (SSSR count). The van der Waals surface area contributed by atoms with Crippen LogP contribution in [0.3, 0.4) is 0 Å². The molecular formula is C16H12ClNO4. The van der Waals surface area contributed by atoms with Gasteiger partial charge in [-0.25, -0.2) is 0 Å². The molecule has 0 spiro atoms. The van der Waals surface area contributed by atoms with Crippen molar-refractivity contribution in [1.82, 2.24) is 0 Å². The fourth-order valence-electron chi connectivity index (χ4n) is 3.52. The molecule has 1 aromatic carbocycles. The van der Waals surface area contributed by atoms with E-state index in [1.165, 1.54) is 0 Å². The van der Waals surface area contributed by atoms with Crippen LogP contribution in [0.5, 0.6) is 0 Å². The van der Waals surface area contributed by atoms with Crippen molar-refractivity contribution in [1.29, 1.82) is 0 Å². The summed E-state index contributed by atoms with van der Waals surface area (Å²) in [5.74, 6) is -3.51. The van der Waals surface area contributed by atoms with Crippen molar-refractivity contribution in [2.75, 3.05) is 5.32 Å². The number of rotatable bonds is 2. The first kappa shape index (κ1) is 13.7. The van der Waals surface area contributed by atoms with Crippen LogP contribution in [0.4, 0.5) is 5.69 Å². The molecule has 3 aliphatic rings. The molecular weight excluding hydrogens is 306 g/mol. The summed E-state index contributed by atoms with van der Waals surface area (Å²) in [6.07, 6.45) is 2.88. The second-order valence-corrected chi connectivity index (χ2v) is 6.17. The van der Waals surface area contributed by atoms with Gasteiger partial charge in [-0.3, -0.25) is 14.4 Å². The Labute approximate surface area is 131 Å². The van der Waals surface area contributed by atoms with E-state index < -0.39 is 23.7 Å². The second kappa shape index (κ2) is 4.76. The van der Waals surface area contributed by atoms with E-state index in [9.17, 15) is 14.4 Å². The highest BCUT2D eigenvalue weighted by Gasteiger charge is 2.62. The number of hydrogen-bond donors (Lipinski definition) is 1. The highest BCUT2D eigenvalue weighted by atomic mass is 35.5. The van der Waals surface area contributed by atoms with Gasteiger partial charge >= 0.3 is 0 Å². The standard InChI is InChI=1S/C16H12ClNO4/c17-7-1-3-8(4-2-7)18-16(21)13-14(19)11-9-5-6-10(22-9)12(11)15(13)20/h1-6,9-13H,(H,18,21). The van der Waals surface area contributed by atoms with E-state index in [0.717, 1.165) is 0 Å². The fourth-order valence-corrected chi connectivity index (χ4v) is 3.64. The van der Waals surface area contributed by atoms with Gasteiger partial charge in [-0.15, -0.1) is 0 Å². The van der Waals surface area contributed by atoms with Crippen LogP contribution >= 0.6 is 11.6 Å². The summed E-state index contributed by atoms with van der Waals surface area (Å²) in [6, 6.07) is 6.50. The predicted molar refractivity (Wildman–Crippen MR) is 78.4 cm³/mol. The lowest BCUT2D eigenvalue weighted by Crippen LogP contribution is -2.34. The number of benzene rings is 1. The number of fused-ring (bicyclic) bond motifs is 5. The van der Waals surface area contributed by atoms with Crippen molar-refractivity contribution in [2.45, 2.75) is 12.2 Å². The van der Waals surface area contributed by atoms with E-state index in [0.29, 0.717) is 10.7 Å². The molecule has 1 saturated heterocycles. The Kier molecular flexibility index (Phi) is 2.96. The molecule has 1 aromatic rings. The normalized spacial score (nSPS) is 35.0. The Morgan fingerprint density at radius 1 is 1.00 bits per heavy atom. The third-order valence-electron chi connectivity index (χ3n) is 4.50. The topological polar surface area (TPSA) is 72.5 Å². The average Bonchev–Trinajstić information content (AvgIpc) is 3.15. The summed E-state index contributed by atoms with van der Waals surface area (Å²) >= 11 is 5.78. The molecule has 1 amide bonds. The number of nitrogens with one attached hydrogen (secondary N) is 1. The van der Waals surface area contributed by atoms with E-state index in [4.69, 9.17) is 16.3 Å². The zero-order valence-corrected chi connectivity index (χ0v) is 12.1. The highest BCUT2D eigenvalue weighted by Crippen LogP contribution is 2.47. The van der Waals surface area contributed by atoms with Gasteiger partial charge in [-0.2, -0.15) is 0 Å². The molecule has 2 bridgehead atoms. The third-order valence-corrected chi connectivity index (χ3v) is 4.75. The molecule has 112 valence electrons. The molecule has 1 aliphatic carbocycles. The van der Waals surface area contributed by atoms with Gasteiger partial charge < -0.3 is 10.1 Å². The first-order chi connectivity index (χ1) is 10.6. The molecule has 2 aliphatic heterocycles. The van der Waals surface area contributed by atoms with Gasteiger partial charge in [0.05, 0.1) is 24.0 Å². The molecule has 0 radical (unpaired) electrons. The lowest BCUT2D eigenvalue weighted by atomic mass is 9.85. The summed E-state index contributed by atoms with van der Waals surface area (Å²) < 4.78 is 5.54. The zero-order chi connectivity index (χ0) is 15.4. The summed E-state index contributed by atoms with van der Waals surface area (Å²) in [6.45, 7) is 0. The first-order valence-corrected chi connectivity index (χ1v) is 7.42.